The molecule has 1 aliphatic heterocycles. The zero-order valence-electron chi connectivity index (χ0n) is 16.7. The van der Waals surface area contributed by atoms with Crippen molar-refractivity contribution in [3.8, 4) is 5.75 Å². The summed E-state index contributed by atoms with van der Waals surface area (Å²) in [7, 11) is 1.63. The Morgan fingerprint density at radius 1 is 1.18 bits per heavy atom. The van der Waals surface area contributed by atoms with Gasteiger partial charge >= 0.3 is 5.97 Å². The molecule has 1 heterocycles. The van der Waals surface area contributed by atoms with Crippen LogP contribution in [0.5, 0.6) is 5.75 Å². The first-order chi connectivity index (χ1) is 13.4. The first kappa shape index (κ1) is 21.7. The van der Waals surface area contributed by atoms with E-state index in [2.05, 4.69) is 6.92 Å². The number of amides is 2. The Morgan fingerprint density at radius 3 is 2.39 bits per heavy atom. The van der Waals surface area contributed by atoms with E-state index in [9.17, 15) is 14.4 Å². The van der Waals surface area contributed by atoms with E-state index in [1.165, 1.54) is 4.90 Å². The summed E-state index contributed by atoms with van der Waals surface area (Å²) in [6.07, 6.45) is 2.84. The number of carbonyl (C=O) groups excluding carboxylic acids is 2. The van der Waals surface area contributed by atoms with E-state index >= 15 is 0 Å². The van der Waals surface area contributed by atoms with Gasteiger partial charge in [0.05, 0.1) is 19.1 Å². The third kappa shape index (κ3) is 6.55. The molecular weight excluding hydrogens is 360 g/mol. The lowest BCUT2D eigenvalue weighted by Gasteiger charge is -2.31. The van der Waals surface area contributed by atoms with Crippen LogP contribution in [0.15, 0.2) is 24.3 Å². The summed E-state index contributed by atoms with van der Waals surface area (Å²) < 4.78 is 5.55. The highest BCUT2D eigenvalue weighted by Gasteiger charge is 2.27. The molecule has 1 fully saturated rings. The SMILES string of the molecule is CCCOc1ccc(CCC(=O)N(C)CC(=O)N2CCC(C(=O)O)CC2)cc1. The zero-order chi connectivity index (χ0) is 20.5. The van der Waals surface area contributed by atoms with Crippen molar-refractivity contribution < 1.29 is 24.2 Å². The molecule has 0 spiro atoms. The second-order valence-corrected chi connectivity index (χ2v) is 7.24. The van der Waals surface area contributed by atoms with Gasteiger partial charge in [0, 0.05) is 26.6 Å². The van der Waals surface area contributed by atoms with Gasteiger partial charge in [0.15, 0.2) is 0 Å². The fraction of sp³-hybridized carbons (Fsp3) is 0.571. The van der Waals surface area contributed by atoms with E-state index in [0.29, 0.717) is 45.4 Å². The standard InChI is InChI=1S/C21H30N2O5/c1-3-14-28-18-7-4-16(5-8-18)6-9-19(24)22(2)15-20(25)23-12-10-17(11-13-23)21(26)27/h4-5,7-8,17H,3,6,9-15H2,1-2H3,(H,26,27). The Morgan fingerprint density at radius 2 is 1.82 bits per heavy atom. The van der Waals surface area contributed by atoms with Gasteiger partial charge in [0.2, 0.25) is 11.8 Å². The summed E-state index contributed by atoms with van der Waals surface area (Å²) in [6, 6.07) is 7.72. The number of piperidine rings is 1. The lowest BCUT2D eigenvalue weighted by molar-refractivity contribution is -0.146. The molecule has 0 bridgehead atoms. The molecule has 1 aromatic rings. The third-order valence-electron chi connectivity index (χ3n) is 5.02. The maximum absolute atomic E-state index is 12.4. The number of likely N-dealkylation sites (N-methyl/N-ethyl adjacent to an activating group) is 1. The Kier molecular flexibility index (Phi) is 8.29. The predicted octanol–water partition coefficient (Wildman–Crippen LogP) is 2.19. The van der Waals surface area contributed by atoms with E-state index in [-0.39, 0.29) is 24.3 Å². The molecular formula is C21H30N2O5. The molecule has 7 nitrogen and oxygen atoms in total. The first-order valence-electron chi connectivity index (χ1n) is 9.87. The second kappa shape index (κ2) is 10.7. The number of ether oxygens (including phenoxy) is 1. The Hall–Kier alpha value is -2.57. The maximum atomic E-state index is 12.4. The molecule has 2 rings (SSSR count). The monoisotopic (exact) mass is 390 g/mol. The molecule has 0 atom stereocenters. The average molecular weight is 390 g/mol. The Labute approximate surface area is 166 Å². The minimum absolute atomic E-state index is 0.0281. The largest absolute Gasteiger partial charge is 0.494 e. The summed E-state index contributed by atoms with van der Waals surface area (Å²) in [5.41, 5.74) is 1.05. The van der Waals surface area contributed by atoms with Crippen LogP contribution in [-0.4, -0.2) is 66.0 Å². The van der Waals surface area contributed by atoms with Crippen molar-refractivity contribution in [2.75, 3.05) is 33.3 Å². The highest BCUT2D eigenvalue weighted by atomic mass is 16.5. The summed E-state index contributed by atoms with van der Waals surface area (Å²) in [6.45, 7) is 3.64. The van der Waals surface area contributed by atoms with Gasteiger partial charge in [-0.15, -0.1) is 0 Å². The number of nitrogens with zero attached hydrogens (tertiary/aromatic N) is 2. The minimum Gasteiger partial charge on any atom is -0.494 e. The van der Waals surface area contributed by atoms with Crippen LogP contribution in [0.25, 0.3) is 0 Å². The van der Waals surface area contributed by atoms with Crippen LogP contribution in [0, 0.1) is 5.92 Å². The van der Waals surface area contributed by atoms with Crippen molar-refractivity contribution in [2.24, 2.45) is 5.92 Å². The number of aryl methyl sites for hydroxylation is 1. The van der Waals surface area contributed by atoms with Gasteiger partial charge in [-0.1, -0.05) is 19.1 Å². The number of hydrogen-bond acceptors (Lipinski definition) is 4. The van der Waals surface area contributed by atoms with Crippen molar-refractivity contribution in [1.82, 2.24) is 9.80 Å². The van der Waals surface area contributed by atoms with Gasteiger partial charge in [0.25, 0.3) is 0 Å². The highest BCUT2D eigenvalue weighted by molar-refractivity contribution is 5.85. The molecule has 1 saturated heterocycles. The second-order valence-electron chi connectivity index (χ2n) is 7.24. The van der Waals surface area contributed by atoms with Gasteiger partial charge in [-0.05, 0) is 43.4 Å². The molecule has 0 aliphatic carbocycles. The van der Waals surface area contributed by atoms with Crippen LogP contribution in [0.1, 0.15) is 38.2 Å². The van der Waals surface area contributed by atoms with Crippen LogP contribution < -0.4 is 4.74 Å². The minimum atomic E-state index is -0.802. The van der Waals surface area contributed by atoms with Gasteiger partial charge in [-0.2, -0.15) is 0 Å². The zero-order valence-corrected chi connectivity index (χ0v) is 16.7. The van der Waals surface area contributed by atoms with E-state index in [1.54, 1.807) is 11.9 Å². The number of hydrogen-bond donors (Lipinski definition) is 1. The van der Waals surface area contributed by atoms with E-state index in [0.717, 1.165) is 17.7 Å². The normalized spacial score (nSPS) is 14.6. The fourth-order valence-corrected chi connectivity index (χ4v) is 3.18. The van der Waals surface area contributed by atoms with Gasteiger partial charge in [-0.3, -0.25) is 14.4 Å². The molecule has 0 aromatic heterocycles. The Bertz CT molecular complexity index is 666. The molecule has 1 aliphatic rings. The lowest BCUT2D eigenvalue weighted by atomic mass is 9.97. The molecule has 7 heteroatoms. The molecule has 2 amide bonds. The van der Waals surface area contributed by atoms with Crippen LogP contribution >= 0.6 is 0 Å². The number of carbonyl (C=O) groups is 3. The smallest absolute Gasteiger partial charge is 0.306 e. The van der Waals surface area contributed by atoms with Crippen LogP contribution in [0.2, 0.25) is 0 Å². The predicted molar refractivity (Wildman–Crippen MR) is 105 cm³/mol. The topological polar surface area (TPSA) is 87.2 Å². The fourth-order valence-electron chi connectivity index (χ4n) is 3.18. The van der Waals surface area contributed by atoms with Crippen molar-refractivity contribution >= 4 is 17.8 Å². The summed E-state index contributed by atoms with van der Waals surface area (Å²) >= 11 is 0. The number of likely N-dealkylation sites (tertiary alicyclic amines) is 1. The van der Waals surface area contributed by atoms with Crippen molar-refractivity contribution in [1.29, 1.82) is 0 Å². The van der Waals surface area contributed by atoms with Crippen LogP contribution in [-0.2, 0) is 20.8 Å². The number of aliphatic carboxylic acids is 1. The maximum Gasteiger partial charge on any atom is 0.306 e. The number of benzene rings is 1. The van der Waals surface area contributed by atoms with Crippen LogP contribution in [0.4, 0.5) is 0 Å². The lowest BCUT2D eigenvalue weighted by Crippen LogP contribution is -2.45. The quantitative estimate of drug-likeness (QED) is 0.698. The van der Waals surface area contributed by atoms with E-state index in [1.807, 2.05) is 24.3 Å². The number of carboxylic acids is 1. The molecule has 0 unspecified atom stereocenters. The van der Waals surface area contributed by atoms with Gasteiger partial charge in [0.1, 0.15) is 5.75 Å². The molecule has 0 radical (unpaired) electrons. The highest BCUT2D eigenvalue weighted by Crippen LogP contribution is 2.18. The molecule has 1 N–H and O–H groups in total. The van der Waals surface area contributed by atoms with Crippen LogP contribution in [0.3, 0.4) is 0 Å². The Balaban J connectivity index is 1.73. The average Bonchev–Trinajstić information content (AvgIpc) is 2.71. The molecule has 0 saturated carbocycles. The van der Waals surface area contributed by atoms with Crippen molar-refractivity contribution in [3.05, 3.63) is 29.8 Å². The summed E-state index contributed by atoms with van der Waals surface area (Å²) in [5, 5.41) is 9.02. The van der Waals surface area contributed by atoms with Gasteiger partial charge < -0.3 is 19.6 Å². The van der Waals surface area contributed by atoms with Crippen molar-refractivity contribution in [2.45, 2.75) is 39.0 Å². The van der Waals surface area contributed by atoms with Gasteiger partial charge in [-0.25, -0.2) is 0 Å². The number of rotatable bonds is 9. The molecule has 28 heavy (non-hydrogen) atoms. The first-order valence-corrected chi connectivity index (χ1v) is 9.87. The van der Waals surface area contributed by atoms with Crippen molar-refractivity contribution in [3.63, 3.8) is 0 Å². The van der Waals surface area contributed by atoms with E-state index < -0.39 is 5.97 Å². The molecule has 1 aromatic carbocycles. The summed E-state index contributed by atoms with van der Waals surface area (Å²) in [4.78, 5) is 38.8. The summed E-state index contributed by atoms with van der Waals surface area (Å²) in [5.74, 6) is -0.560. The molecule has 154 valence electrons. The third-order valence-corrected chi connectivity index (χ3v) is 5.02. The number of carboxylic acid groups (broad SMARTS) is 1. The van der Waals surface area contributed by atoms with E-state index in [4.69, 9.17) is 9.84 Å².